The minimum absolute atomic E-state index is 0.262. The molecule has 0 saturated carbocycles. The van der Waals surface area contributed by atoms with Crippen LogP contribution in [0.2, 0.25) is 0 Å². The molecule has 1 aliphatic heterocycles. The minimum atomic E-state index is -0.262. The number of carbonyl (C=O) groups is 2. The van der Waals surface area contributed by atoms with E-state index < -0.39 is 0 Å². The number of hydrazine groups is 1. The minimum Gasteiger partial charge on any atom is -0.267 e. The van der Waals surface area contributed by atoms with Gasteiger partial charge in [0.1, 0.15) is 0 Å². The Kier molecular flexibility index (Phi) is 4.77. The first kappa shape index (κ1) is 20.1. The molecule has 0 saturated heterocycles. The van der Waals surface area contributed by atoms with Crippen molar-refractivity contribution in [1.29, 1.82) is 0 Å². The SMILES string of the molecule is CCCCCCCNN1C(=O)c2ccc3c4cccc5cccc(c6ccc(c2c36)C1=O)c54. The van der Waals surface area contributed by atoms with Gasteiger partial charge in [-0.1, -0.05) is 81.1 Å². The second kappa shape index (κ2) is 7.82. The predicted octanol–water partition coefficient (Wildman–Crippen LogP) is 6.81. The van der Waals surface area contributed by atoms with Gasteiger partial charge in [0.05, 0.1) is 11.1 Å². The number of nitrogens with zero attached hydrogens (tertiary/aromatic N) is 1. The maximum atomic E-state index is 13.4. The molecule has 0 aromatic heterocycles. The van der Waals surface area contributed by atoms with Crippen LogP contribution >= 0.6 is 0 Å². The highest BCUT2D eigenvalue weighted by molar-refractivity contribution is 6.38. The summed E-state index contributed by atoms with van der Waals surface area (Å²) >= 11 is 0. The summed E-state index contributed by atoms with van der Waals surface area (Å²) in [5, 5.41) is 9.95. The lowest BCUT2D eigenvalue weighted by atomic mass is 9.85. The van der Waals surface area contributed by atoms with Gasteiger partial charge in [-0.15, -0.1) is 0 Å². The molecule has 5 aromatic carbocycles. The van der Waals surface area contributed by atoms with Gasteiger partial charge in [0.25, 0.3) is 11.8 Å². The smallest absolute Gasteiger partial charge is 0.267 e. The van der Waals surface area contributed by atoms with E-state index in [9.17, 15) is 9.59 Å². The van der Waals surface area contributed by atoms with Gasteiger partial charge in [0.2, 0.25) is 0 Å². The van der Waals surface area contributed by atoms with Crippen LogP contribution in [0, 0.1) is 0 Å². The van der Waals surface area contributed by atoms with Crippen LogP contribution in [0.25, 0.3) is 43.1 Å². The van der Waals surface area contributed by atoms with Crippen LogP contribution in [-0.4, -0.2) is 23.4 Å². The van der Waals surface area contributed by atoms with Gasteiger partial charge in [0, 0.05) is 11.9 Å². The first-order valence-corrected chi connectivity index (χ1v) is 11.9. The van der Waals surface area contributed by atoms with E-state index in [-0.39, 0.29) is 11.8 Å². The molecule has 164 valence electrons. The van der Waals surface area contributed by atoms with Crippen molar-refractivity contribution in [2.75, 3.05) is 6.54 Å². The highest BCUT2D eigenvalue weighted by Crippen LogP contribution is 2.43. The Morgan fingerprint density at radius 3 is 1.82 bits per heavy atom. The Bertz CT molecular complexity index is 1450. The number of amides is 2. The number of imide groups is 1. The maximum Gasteiger partial charge on any atom is 0.275 e. The van der Waals surface area contributed by atoms with Crippen molar-refractivity contribution < 1.29 is 9.59 Å². The topological polar surface area (TPSA) is 49.4 Å². The molecular weight excluding hydrogens is 408 g/mol. The lowest BCUT2D eigenvalue weighted by molar-refractivity contribution is 0.0520. The van der Waals surface area contributed by atoms with Gasteiger partial charge in [-0.25, -0.2) is 10.4 Å². The molecule has 0 aliphatic carbocycles. The number of benzene rings is 5. The third-order valence-corrected chi connectivity index (χ3v) is 7.06. The van der Waals surface area contributed by atoms with Crippen molar-refractivity contribution in [3.05, 3.63) is 71.8 Å². The van der Waals surface area contributed by atoms with Gasteiger partial charge < -0.3 is 0 Å². The summed E-state index contributed by atoms with van der Waals surface area (Å²) in [5.74, 6) is -0.524. The number of fused-ring (bicyclic) bond motifs is 2. The summed E-state index contributed by atoms with van der Waals surface area (Å²) < 4.78 is 0. The van der Waals surface area contributed by atoms with Crippen molar-refractivity contribution in [3.8, 4) is 0 Å². The van der Waals surface area contributed by atoms with E-state index in [4.69, 9.17) is 0 Å². The summed E-state index contributed by atoms with van der Waals surface area (Å²) in [5.41, 5.74) is 4.29. The summed E-state index contributed by atoms with van der Waals surface area (Å²) in [6.45, 7) is 2.81. The van der Waals surface area contributed by atoms with Crippen LogP contribution in [0.1, 0.15) is 59.7 Å². The molecule has 0 radical (unpaired) electrons. The van der Waals surface area contributed by atoms with Crippen LogP contribution < -0.4 is 5.43 Å². The average Bonchev–Trinajstić information content (AvgIpc) is 2.85. The molecule has 0 unspecified atom stereocenters. The Morgan fingerprint density at radius 2 is 1.21 bits per heavy atom. The quantitative estimate of drug-likeness (QED) is 0.132. The lowest BCUT2D eigenvalue weighted by Gasteiger charge is -2.28. The van der Waals surface area contributed by atoms with Crippen molar-refractivity contribution >= 4 is 54.9 Å². The Morgan fingerprint density at radius 1 is 0.636 bits per heavy atom. The first-order valence-electron chi connectivity index (χ1n) is 11.9. The molecule has 1 N–H and O–H groups in total. The Labute approximate surface area is 192 Å². The third-order valence-electron chi connectivity index (χ3n) is 7.06. The van der Waals surface area contributed by atoms with E-state index >= 15 is 0 Å². The molecule has 5 aromatic rings. The number of nitrogens with one attached hydrogen (secondary N) is 1. The number of hydrogen-bond donors (Lipinski definition) is 1. The second-order valence-corrected chi connectivity index (χ2v) is 9.05. The number of unbranched alkanes of at least 4 members (excludes halogenated alkanes) is 4. The molecule has 0 bridgehead atoms. The second-order valence-electron chi connectivity index (χ2n) is 9.05. The molecule has 4 heteroatoms. The van der Waals surface area contributed by atoms with Crippen LogP contribution in [0.5, 0.6) is 0 Å². The fourth-order valence-electron chi connectivity index (χ4n) is 5.49. The van der Waals surface area contributed by atoms with Crippen molar-refractivity contribution in [2.45, 2.75) is 39.0 Å². The molecule has 1 aliphatic rings. The molecule has 33 heavy (non-hydrogen) atoms. The largest absolute Gasteiger partial charge is 0.275 e. The summed E-state index contributed by atoms with van der Waals surface area (Å²) in [6.07, 6.45) is 5.64. The lowest BCUT2D eigenvalue weighted by Crippen LogP contribution is -2.49. The Hall–Kier alpha value is -3.50. The van der Waals surface area contributed by atoms with Crippen LogP contribution in [0.4, 0.5) is 0 Å². The van der Waals surface area contributed by atoms with Crippen molar-refractivity contribution in [2.24, 2.45) is 0 Å². The monoisotopic (exact) mass is 434 g/mol. The zero-order valence-electron chi connectivity index (χ0n) is 18.8. The van der Waals surface area contributed by atoms with Crippen LogP contribution in [-0.2, 0) is 0 Å². The Balaban J connectivity index is 1.49. The molecule has 6 rings (SSSR count). The van der Waals surface area contributed by atoms with E-state index in [1.54, 1.807) is 0 Å². The molecule has 0 fully saturated rings. The highest BCUT2D eigenvalue weighted by atomic mass is 16.2. The predicted molar refractivity (Wildman–Crippen MR) is 135 cm³/mol. The number of rotatable bonds is 7. The molecule has 2 amide bonds. The zero-order valence-corrected chi connectivity index (χ0v) is 18.8. The standard InChI is InChI=1S/C29H26N2O2/c1-2-3-4-5-6-17-30-31-28(32)23-15-13-21-19-11-7-9-18-10-8-12-20(25(18)19)22-14-16-24(29(31)33)27(23)26(21)22/h7-16,30H,2-6,17H2,1H3. The maximum absolute atomic E-state index is 13.4. The molecule has 0 atom stereocenters. The van der Waals surface area contributed by atoms with Gasteiger partial charge in [-0.05, 0) is 56.3 Å². The van der Waals surface area contributed by atoms with Crippen molar-refractivity contribution in [1.82, 2.24) is 10.4 Å². The fraction of sp³-hybridized carbons (Fsp3) is 0.241. The normalized spacial score (nSPS) is 13.9. The summed E-state index contributed by atoms with van der Waals surface area (Å²) in [6, 6.07) is 20.6. The van der Waals surface area contributed by atoms with Gasteiger partial charge in [0.15, 0.2) is 0 Å². The van der Waals surface area contributed by atoms with Gasteiger partial charge in [-0.2, -0.15) is 0 Å². The zero-order chi connectivity index (χ0) is 22.5. The highest BCUT2D eigenvalue weighted by Gasteiger charge is 2.34. The molecular formula is C29H26N2O2. The van der Waals surface area contributed by atoms with E-state index in [0.717, 1.165) is 45.2 Å². The first-order chi connectivity index (χ1) is 16.2. The number of carbonyl (C=O) groups excluding carboxylic acids is 2. The van der Waals surface area contributed by atoms with Crippen LogP contribution in [0.3, 0.4) is 0 Å². The van der Waals surface area contributed by atoms with E-state index in [0.29, 0.717) is 17.7 Å². The average molecular weight is 435 g/mol. The van der Waals surface area contributed by atoms with Crippen molar-refractivity contribution in [3.63, 3.8) is 0 Å². The van der Waals surface area contributed by atoms with E-state index in [2.05, 4.69) is 48.7 Å². The van der Waals surface area contributed by atoms with Gasteiger partial charge >= 0.3 is 0 Å². The van der Waals surface area contributed by atoms with E-state index in [1.165, 1.54) is 35.0 Å². The van der Waals surface area contributed by atoms with Crippen LogP contribution in [0.15, 0.2) is 60.7 Å². The molecule has 0 spiro atoms. The fourth-order valence-corrected chi connectivity index (χ4v) is 5.49. The molecule has 1 heterocycles. The summed E-state index contributed by atoms with van der Waals surface area (Å²) in [4.78, 5) is 26.8. The van der Waals surface area contributed by atoms with Gasteiger partial charge in [-0.3, -0.25) is 9.59 Å². The third kappa shape index (κ3) is 2.94. The summed E-state index contributed by atoms with van der Waals surface area (Å²) in [7, 11) is 0. The molecule has 4 nitrogen and oxygen atoms in total. The van der Waals surface area contributed by atoms with E-state index in [1.807, 2.05) is 24.3 Å². The number of hydrogen-bond acceptors (Lipinski definition) is 3.